The molecule has 0 heterocycles. The molecule has 0 rings (SSSR count). The fourth-order valence-electron chi connectivity index (χ4n) is 0.626. The molecule has 0 aromatic carbocycles. The van der Waals surface area contributed by atoms with Gasteiger partial charge in [0.2, 0.25) is 0 Å². The minimum Gasteiger partial charge on any atom is -0.338 e. The van der Waals surface area contributed by atoms with Gasteiger partial charge >= 0.3 is 6.03 Å². The number of nitrogens with one attached hydrogen (secondary N) is 1. The normalized spacial score (nSPS) is 9.91. The van der Waals surface area contributed by atoms with Crippen LogP contribution in [-0.4, -0.2) is 31.6 Å². The second-order valence-corrected chi connectivity index (χ2v) is 3.31. The van der Waals surface area contributed by atoms with E-state index in [1.807, 2.05) is 0 Å². The van der Waals surface area contributed by atoms with Gasteiger partial charge in [-0.1, -0.05) is 13.8 Å². The summed E-state index contributed by atoms with van der Waals surface area (Å²) in [7, 11) is 3.48. The highest BCUT2D eigenvalue weighted by atomic mass is 16.2. The molecule has 3 nitrogen and oxygen atoms in total. The summed E-state index contributed by atoms with van der Waals surface area (Å²) in [6, 6.07) is -0.00866. The van der Waals surface area contributed by atoms with E-state index in [-0.39, 0.29) is 6.03 Å². The first-order valence-corrected chi connectivity index (χ1v) is 3.99. The third-order valence-electron chi connectivity index (χ3n) is 1.40. The maximum absolute atomic E-state index is 10.9. The van der Waals surface area contributed by atoms with Gasteiger partial charge in [-0.15, -0.1) is 0 Å². The fourth-order valence-corrected chi connectivity index (χ4v) is 0.626. The van der Waals surface area contributed by atoms with Crippen LogP contribution in [0.4, 0.5) is 4.79 Å². The first kappa shape index (κ1) is 10.3. The summed E-state index contributed by atoms with van der Waals surface area (Å²) in [6.07, 6.45) is 1.04. The van der Waals surface area contributed by atoms with Crippen molar-refractivity contribution in [3.05, 3.63) is 0 Å². The van der Waals surface area contributed by atoms with E-state index in [9.17, 15) is 4.79 Å². The molecule has 0 aliphatic heterocycles. The highest BCUT2D eigenvalue weighted by Gasteiger charge is 2.01. The van der Waals surface area contributed by atoms with Crippen LogP contribution in [0, 0.1) is 5.92 Å². The Hall–Kier alpha value is -0.730. The Bertz CT molecular complexity index is 121. The summed E-state index contributed by atoms with van der Waals surface area (Å²) >= 11 is 0. The van der Waals surface area contributed by atoms with Gasteiger partial charge in [-0.05, 0) is 12.3 Å². The Morgan fingerprint density at radius 2 is 2.00 bits per heavy atom. The van der Waals surface area contributed by atoms with Crippen molar-refractivity contribution in [2.75, 3.05) is 20.6 Å². The van der Waals surface area contributed by atoms with Crippen molar-refractivity contribution >= 4 is 6.03 Å². The minimum atomic E-state index is -0.00866. The lowest BCUT2D eigenvalue weighted by Gasteiger charge is -2.12. The van der Waals surface area contributed by atoms with E-state index < -0.39 is 0 Å². The molecule has 0 atom stereocenters. The first-order chi connectivity index (χ1) is 5.04. The lowest BCUT2D eigenvalue weighted by Crippen LogP contribution is -2.35. The smallest absolute Gasteiger partial charge is 0.316 e. The molecule has 0 fully saturated rings. The van der Waals surface area contributed by atoms with Gasteiger partial charge in [0.25, 0.3) is 0 Å². The lowest BCUT2D eigenvalue weighted by molar-refractivity contribution is 0.217. The molecular weight excluding hydrogens is 140 g/mol. The molecule has 0 unspecified atom stereocenters. The first-order valence-electron chi connectivity index (χ1n) is 3.99. The summed E-state index contributed by atoms with van der Waals surface area (Å²) in [5.74, 6) is 0.650. The maximum atomic E-state index is 10.9. The highest BCUT2D eigenvalue weighted by molar-refractivity contribution is 5.73. The molecule has 11 heavy (non-hydrogen) atoms. The van der Waals surface area contributed by atoms with Crippen LogP contribution in [0.2, 0.25) is 0 Å². The zero-order chi connectivity index (χ0) is 8.85. The Labute approximate surface area is 68.8 Å². The van der Waals surface area contributed by atoms with Crippen LogP contribution in [0.5, 0.6) is 0 Å². The van der Waals surface area contributed by atoms with Crippen LogP contribution in [0.3, 0.4) is 0 Å². The van der Waals surface area contributed by atoms with Crippen LogP contribution in [-0.2, 0) is 0 Å². The number of carbonyl (C=O) groups excluding carboxylic acids is 1. The Morgan fingerprint density at radius 3 is 2.36 bits per heavy atom. The number of rotatable bonds is 3. The molecule has 66 valence electrons. The molecule has 0 radical (unpaired) electrons. The summed E-state index contributed by atoms with van der Waals surface area (Å²) in [5, 5.41) is 2.80. The number of hydrogen-bond acceptors (Lipinski definition) is 1. The number of urea groups is 1. The molecule has 2 amide bonds. The van der Waals surface area contributed by atoms with E-state index in [0.29, 0.717) is 5.92 Å². The molecule has 1 N–H and O–H groups in total. The van der Waals surface area contributed by atoms with Crippen molar-refractivity contribution in [1.29, 1.82) is 0 Å². The largest absolute Gasteiger partial charge is 0.338 e. The van der Waals surface area contributed by atoms with E-state index in [1.165, 1.54) is 0 Å². The predicted molar refractivity (Wildman–Crippen MR) is 46.5 cm³/mol. The quantitative estimate of drug-likeness (QED) is 0.659. The molecule has 0 aromatic heterocycles. The van der Waals surface area contributed by atoms with Crippen LogP contribution in [0.15, 0.2) is 0 Å². The number of nitrogens with zero attached hydrogens (tertiary/aromatic N) is 1. The topological polar surface area (TPSA) is 32.3 Å². The van der Waals surface area contributed by atoms with Gasteiger partial charge in [0.15, 0.2) is 0 Å². The van der Waals surface area contributed by atoms with Gasteiger partial charge in [0.05, 0.1) is 0 Å². The molecule has 0 saturated heterocycles. The van der Waals surface area contributed by atoms with Crippen molar-refractivity contribution in [3.8, 4) is 0 Å². The molecule has 0 aromatic rings. The molecule has 0 saturated carbocycles. The number of hydrogen-bond donors (Lipinski definition) is 1. The summed E-state index contributed by atoms with van der Waals surface area (Å²) in [6.45, 7) is 5.05. The second kappa shape index (κ2) is 4.99. The SMILES string of the molecule is CC(C)CCNC(=O)N(C)C. The summed E-state index contributed by atoms with van der Waals surface area (Å²) < 4.78 is 0. The molecule has 3 heteroatoms. The molecular formula is C8H18N2O. The van der Waals surface area contributed by atoms with Gasteiger partial charge in [-0.2, -0.15) is 0 Å². The Kier molecular flexibility index (Phi) is 4.66. The standard InChI is InChI=1S/C8H18N2O/c1-7(2)5-6-9-8(11)10(3)4/h7H,5-6H2,1-4H3,(H,9,11). The minimum absolute atomic E-state index is 0.00866. The van der Waals surface area contributed by atoms with Gasteiger partial charge < -0.3 is 10.2 Å². The van der Waals surface area contributed by atoms with Crippen molar-refractivity contribution in [2.24, 2.45) is 5.92 Å². The fraction of sp³-hybridized carbons (Fsp3) is 0.875. The van der Waals surface area contributed by atoms with E-state index in [2.05, 4.69) is 19.2 Å². The van der Waals surface area contributed by atoms with Gasteiger partial charge in [-0.3, -0.25) is 0 Å². The summed E-state index contributed by atoms with van der Waals surface area (Å²) in [4.78, 5) is 12.5. The molecule has 0 spiro atoms. The van der Waals surface area contributed by atoms with Crippen LogP contribution in [0.25, 0.3) is 0 Å². The Balaban J connectivity index is 3.32. The van der Waals surface area contributed by atoms with Crippen molar-refractivity contribution < 1.29 is 4.79 Å². The van der Waals surface area contributed by atoms with E-state index in [1.54, 1.807) is 19.0 Å². The third-order valence-corrected chi connectivity index (χ3v) is 1.40. The third kappa shape index (κ3) is 5.70. The highest BCUT2D eigenvalue weighted by Crippen LogP contribution is 1.96. The zero-order valence-electron chi connectivity index (χ0n) is 7.85. The lowest BCUT2D eigenvalue weighted by atomic mass is 10.1. The van der Waals surface area contributed by atoms with Gasteiger partial charge in [0.1, 0.15) is 0 Å². The van der Waals surface area contributed by atoms with E-state index in [0.717, 1.165) is 13.0 Å². The average Bonchev–Trinajstić information content (AvgIpc) is 1.86. The van der Waals surface area contributed by atoms with Gasteiger partial charge in [-0.25, -0.2) is 4.79 Å². The molecule has 0 aliphatic carbocycles. The van der Waals surface area contributed by atoms with Crippen LogP contribution < -0.4 is 5.32 Å². The van der Waals surface area contributed by atoms with Crippen molar-refractivity contribution in [1.82, 2.24) is 10.2 Å². The Morgan fingerprint density at radius 1 is 1.45 bits per heavy atom. The number of amides is 2. The van der Waals surface area contributed by atoms with Crippen molar-refractivity contribution in [2.45, 2.75) is 20.3 Å². The second-order valence-electron chi connectivity index (χ2n) is 3.31. The monoisotopic (exact) mass is 158 g/mol. The van der Waals surface area contributed by atoms with Crippen molar-refractivity contribution in [3.63, 3.8) is 0 Å². The van der Waals surface area contributed by atoms with Crippen LogP contribution in [0.1, 0.15) is 20.3 Å². The molecule has 0 aliphatic rings. The summed E-state index contributed by atoms with van der Waals surface area (Å²) in [5.41, 5.74) is 0. The van der Waals surface area contributed by atoms with E-state index in [4.69, 9.17) is 0 Å². The number of carbonyl (C=O) groups is 1. The van der Waals surface area contributed by atoms with Gasteiger partial charge in [0, 0.05) is 20.6 Å². The molecule has 0 bridgehead atoms. The average molecular weight is 158 g/mol. The van der Waals surface area contributed by atoms with E-state index >= 15 is 0 Å². The zero-order valence-corrected chi connectivity index (χ0v) is 7.85. The maximum Gasteiger partial charge on any atom is 0.316 e. The predicted octanol–water partition coefficient (Wildman–Crippen LogP) is 1.30. The van der Waals surface area contributed by atoms with Crippen LogP contribution >= 0.6 is 0 Å².